The van der Waals surface area contributed by atoms with Gasteiger partial charge < -0.3 is 9.88 Å². The van der Waals surface area contributed by atoms with Gasteiger partial charge in [-0.25, -0.2) is 4.98 Å². The lowest BCUT2D eigenvalue weighted by molar-refractivity contribution is 0.512. The third-order valence-electron chi connectivity index (χ3n) is 2.78. The number of aromatic nitrogens is 2. The van der Waals surface area contributed by atoms with Crippen molar-refractivity contribution in [2.75, 3.05) is 13.1 Å². The number of aryl methyl sites for hydroxylation is 1. The Morgan fingerprint density at radius 2 is 2.19 bits per heavy atom. The van der Waals surface area contributed by atoms with Crippen LogP contribution in [0.3, 0.4) is 0 Å². The first-order valence-electron chi connectivity index (χ1n) is 6.44. The molecular formula is C13H25N3. The molecule has 1 aromatic rings. The number of hydrogen-bond donors (Lipinski definition) is 1. The van der Waals surface area contributed by atoms with Crippen molar-refractivity contribution in [3.8, 4) is 0 Å². The molecule has 1 heterocycles. The van der Waals surface area contributed by atoms with Gasteiger partial charge in [0.1, 0.15) is 5.82 Å². The van der Waals surface area contributed by atoms with E-state index in [1.807, 2.05) is 6.20 Å². The van der Waals surface area contributed by atoms with Crippen LogP contribution < -0.4 is 5.32 Å². The quantitative estimate of drug-likeness (QED) is 0.686. The molecule has 92 valence electrons. The zero-order valence-electron chi connectivity index (χ0n) is 10.9. The van der Waals surface area contributed by atoms with Crippen LogP contribution >= 0.6 is 0 Å². The standard InChI is InChI=1S/C13H25N3/c1-4-13-15-9-11-16(13)10-8-14-7-5-6-12(2)3/h9,11-12,14H,4-8,10H2,1-3H3. The second-order valence-corrected chi connectivity index (χ2v) is 4.68. The fourth-order valence-corrected chi connectivity index (χ4v) is 1.82. The van der Waals surface area contributed by atoms with E-state index >= 15 is 0 Å². The zero-order valence-corrected chi connectivity index (χ0v) is 10.9. The smallest absolute Gasteiger partial charge is 0.108 e. The largest absolute Gasteiger partial charge is 0.334 e. The minimum atomic E-state index is 0.821. The Balaban J connectivity index is 2.07. The predicted molar refractivity (Wildman–Crippen MR) is 68.5 cm³/mol. The summed E-state index contributed by atoms with van der Waals surface area (Å²) >= 11 is 0. The van der Waals surface area contributed by atoms with Gasteiger partial charge in [-0.05, 0) is 25.3 Å². The molecule has 0 atom stereocenters. The van der Waals surface area contributed by atoms with Crippen molar-refractivity contribution in [1.82, 2.24) is 14.9 Å². The lowest BCUT2D eigenvalue weighted by atomic mass is 10.1. The Kier molecular flexibility index (Phi) is 6.16. The Morgan fingerprint density at radius 1 is 1.38 bits per heavy atom. The second-order valence-electron chi connectivity index (χ2n) is 4.68. The lowest BCUT2D eigenvalue weighted by Crippen LogP contribution is -2.21. The molecule has 0 aliphatic carbocycles. The third-order valence-corrected chi connectivity index (χ3v) is 2.78. The molecule has 3 nitrogen and oxygen atoms in total. The van der Waals surface area contributed by atoms with Gasteiger partial charge in [0.2, 0.25) is 0 Å². The van der Waals surface area contributed by atoms with Crippen LogP contribution in [0.25, 0.3) is 0 Å². The van der Waals surface area contributed by atoms with Gasteiger partial charge in [0.25, 0.3) is 0 Å². The van der Waals surface area contributed by atoms with Gasteiger partial charge in [-0.3, -0.25) is 0 Å². The fraction of sp³-hybridized carbons (Fsp3) is 0.769. The molecule has 0 aliphatic rings. The van der Waals surface area contributed by atoms with E-state index in [-0.39, 0.29) is 0 Å². The van der Waals surface area contributed by atoms with Crippen LogP contribution in [0.1, 0.15) is 39.4 Å². The summed E-state index contributed by atoms with van der Waals surface area (Å²) in [5.41, 5.74) is 0. The molecule has 16 heavy (non-hydrogen) atoms. The molecule has 0 aliphatic heterocycles. The summed E-state index contributed by atoms with van der Waals surface area (Å²) in [5, 5.41) is 3.48. The Labute approximate surface area is 99.3 Å². The van der Waals surface area contributed by atoms with E-state index in [2.05, 4.69) is 41.8 Å². The van der Waals surface area contributed by atoms with Crippen LogP contribution in [0.2, 0.25) is 0 Å². The van der Waals surface area contributed by atoms with Crippen LogP contribution in [0, 0.1) is 5.92 Å². The van der Waals surface area contributed by atoms with Crippen molar-refractivity contribution in [2.24, 2.45) is 5.92 Å². The van der Waals surface area contributed by atoms with Crippen molar-refractivity contribution < 1.29 is 0 Å². The van der Waals surface area contributed by atoms with Crippen LogP contribution in [0.5, 0.6) is 0 Å². The first kappa shape index (κ1) is 13.2. The van der Waals surface area contributed by atoms with Crippen molar-refractivity contribution >= 4 is 0 Å². The van der Waals surface area contributed by atoms with E-state index in [0.717, 1.165) is 32.0 Å². The molecule has 0 bridgehead atoms. The molecule has 0 unspecified atom stereocenters. The number of rotatable bonds is 8. The van der Waals surface area contributed by atoms with E-state index in [1.165, 1.54) is 18.7 Å². The van der Waals surface area contributed by atoms with E-state index in [4.69, 9.17) is 0 Å². The maximum Gasteiger partial charge on any atom is 0.108 e. The van der Waals surface area contributed by atoms with Gasteiger partial charge in [-0.1, -0.05) is 20.8 Å². The second kappa shape index (κ2) is 7.44. The molecule has 3 heteroatoms. The highest BCUT2D eigenvalue weighted by molar-refractivity contribution is 4.91. The minimum absolute atomic E-state index is 0.821. The van der Waals surface area contributed by atoms with E-state index in [1.54, 1.807) is 0 Å². The topological polar surface area (TPSA) is 29.9 Å². The molecule has 0 spiro atoms. The Hall–Kier alpha value is -0.830. The molecule has 0 fully saturated rings. The summed E-state index contributed by atoms with van der Waals surface area (Å²) in [6.07, 6.45) is 7.56. The summed E-state index contributed by atoms with van der Waals surface area (Å²) in [5.74, 6) is 2.01. The first-order valence-corrected chi connectivity index (χ1v) is 6.44. The molecule has 0 saturated carbocycles. The first-order chi connectivity index (χ1) is 7.74. The fourth-order valence-electron chi connectivity index (χ4n) is 1.82. The van der Waals surface area contributed by atoms with Crippen molar-refractivity contribution in [2.45, 2.75) is 46.6 Å². The van der Waals surface area contributed by atoms with Crippen molar-refractivity contribution in [3.05, 3.63) is 18.2 Å². The van der Waals surface area contributed by atoms with Crippen molar-refractivity contribution in [3.63, 3.8) is 0 Å². The number of hydrogen-bond acceptors (Lipinski definition) is 2. The molecule has 1 N–H and O–H groups in total. The third kappa shape index (κ3) is 4.79. The summed E-state index contributed by atoms with van der Waals surface area (Å²) in [7, 11) is 0. The van der Waals surface area contributed by atoms with Crippen LogP contribution in [-0.2, 0) is 13.0 Å². The van der Waals surface area contributed by atoms with Gasteiger partial charge in [0, 0.05) is 31.9 Å². The van der Waals surface area contributed by atoms with E-state index in [9.17, 15) is 0 Å². The van der Waals surface area contributed by atoms with Gasteiger partial charge in [-0.2, -0.15) is 0 Å². The average Bonchev–Trinajstić information content (AvgIpc) is 2.70. The molecular weight excluding hydrogens is 198 g/mol. The van der Waals surface area contributed by atoms with E-state index in [0.29, 0.717) is 0 Å². The Bertz CT molecular complexity index is 278. The van der Waals surface area contributed by atoms with Gasteiger partial charge in [0.15, 0.2) is 0 Å². The summed E-state index contributed by atoms with van der Waals surface area (Å²) in [4.78, 5) is 4.31. The van der Waals surface area contributed by atoms with E-state index < -0.39 is 0 Å². The van der Waals surface area contributed by atoms with Crippen LogP contribution in [-0.4, -0.2) is 22.6 Å². The number of nitrogens with one attached hydrogen (secondary N) is 1. The van der Waals surface area contributed by atoms with Crippen molar-refractivity contribution in [1.29, 1.82) is 0 Å². The molecule has 1 rings (SSSR count). The molecule has 0 radical (unpaired) electrons. The SMILES string of the molecule is CCc1nccn1CCNCCCC(C)C. The summed E-state index contributed by atoms with van der Waals surface area (Å²) < 4.78 is 2.23. The van der Waals surface area contributed by atoms with Crippen LogP contribution in [0.15, 0.2) is 12.4 Å². The average molecular weight is 223 g/mol. The van der Waals surface area contributed by atoms with Gasteiger partial charge in [-0.15, -0.1) is 0 Å². The molecule has 0 amide bonds. The number of imidazole rings is 1. The van der Waals surface area contributed by atoms with Gasteiger partial charge in [0.05, 0.1) is 0 Å². The Morgan fingerprint density at radius 3 is 2.88 bits per heavy atom. The molecule has 0 saturated heterocycles. The maximum atomic E-state index is 4.31. The minimum Gasteiger partial charge on any atom is -0.334 e. The van der Waals surface area contributed by atoms with Gasteiger partial charge >= 0.3 is 0 Å². The van der Waals surface area contributed by atoms with Crippen LogP contribution in [0.4, 0.5) is 0 Å². The summed E-state index contributed by atoms with van der Waals surface area (Å²) in [6.45, 7) is 9.91. The highest BCUT2D eigenvalue weighted by Gasteiger charge is 1.99. The maximum absolute atomic E-state index is 4.31. The predicted octanol–water partition coefficient (Wildman–Crippen LogP) is 2.47. The lowest BCUT2D eigenvalue weighted by Gasteiger charge is -2.08. The number of nitrogens with zero attached hydrogens (tertiary/aromatic N) is 2. The molecule has 0 aromatic carbocycles. The highest BCUT2D eigenvalue weighted by Crippen LogP contribution is 2.01. The normalized spacial score (nSPS) is 11.2. The zero-order chi connectivity index (χ0) is 11.8. The monoisotopic (exact) mass is 223 g/mol. The summed E-state index contributed by atoms with van der Waals surface area (Å²) in [6, 6.07) is 0. The molecule has 1 aromatic heterocycles. The highest BCUT2D eigenvalue weighted by atomic mass is 15.1.